The topological polar surface area (TPSA) is 98.0 Å². The molecule has 1 aromatic heterocycles. The van der Waals surface area contributed by atoms with Gasteiger partial charge in [0.2, 0.25) is 5.13 Å². The van der Waals surface area contributed by atoms with E-state index < -0.39 is 10.0 Å². The molecule has 2 rings (SSSR count). The average molecular weight is 384 g/mol. The Morgan fingerprint density at radius 3 is 2.68 bits per heavy atom. The lowest BCUT2D eigenvalue weighted by Crippen LogP contribution is -2.14. The van der Waals surface area contributed by atoms with E-state index in [-0.39, 0.29) is 25.2 Å². The number of anilines is 2. The van der Waals surface area contributed by atoms with Gasteiger partial charge in [0.25, 0.3) is 10.0 Å². The fraction of sp³-hybridized carbons (Fsp3) is 0.111. The zero-order chi connectivity index (χ0) is 14.2. The zero-order valence-corrected chi connectivity index (χ0v) is 13.5. The Labute approximate surface area is 127 Å². The van der Waals surface area contributed by atoms with Gasteiger partial charge in [-0.05, 0) is 35.0 Å². The van der Waals surface area contributed by atoms with Gasteiger partial charge in [-0.1, -0.05) is 22.9 Å². The molecule has 2 aromatic rings. The molecule has 0 fully saturated rings. The summed E-state index contributed by atoms with van der Waals surface area (Å²) in [7, 11) is -3.83. The molecule has 0 aliphatic rings. The summed E-state index contributed by atoms with van der Waals surface area (Å²) >= 11 is 10.1. The number of benzene rings is 1. The van der Waals surface area contributed by atoms with E-state index in [1.54, 1.807) is 6.92 Å². The number of hydrogen-bond acceptors (Lipinski definition) is 6. The van der Waals surface area contributed by atoms with Crippen LogP contribution < -0.4 is 10.5 Å². The molecule has 0 saturated carbocycles. The second-order valence-corrected chi connectivity index (χ2v) is 7.60. The van der Waals surface area contributed by atoms with Crippen LogP contribution in [0.25, 0.3) is 0 Å². The molecule has 0 bridgehead atoms. The second kappa shape index (κ2) is 5.23. The molecule has 0 saturated heterocycles. The lowest BCUT2D eigenvalue weighted by molar-refractivity contribution is 0.600. The number of nitrogens with one attached hydrogen (secondary N) is 1. The largest absolute Gasteiger partial charge is 0.398 e. The molecule has 102 valence electrons. The first kappa shape index (κ1) is 14.5. The molecule has 6 nitrogen and oxygen atoms in total. The van der Waals surface area contributed by atoms with Crippen LogP contribution in [0.2, 0.25) is 5.02 Å². The van der Waals surface area contributed by atoms with Gasteiger partial charge in [0.15, 0.2) is 0 Å². The van der Waals surface area contributed by atoms with Crippen molar-refractivity contribution in [3.05, 3.63) is 26.6 Å². The van der Waals surface area contributed by atoms with Crippen molar-refractivity contribution in [3.63, 3.8) is 0 Å². The molecule has 0 spiro atoms. The van der Waals surface area contributed by atoms with Gasteiger partial charge in [-0.2, -0.15) is 0 Å². The number of hydrogen-bond donors (Lipinski definition) is 2. The highest BCUT2D eigenvalue weighted by atomic mass is 79.9. The van der Waals surface area contributed by atoms with Crippen molar-refractivity contribution in [3.8, 4) is 0 Å². The van der Waals surface area contributed by atoms with E-state index in [4.69, 9.17) is 17.3 Å². The highest BCUT2D eigenvalue weighted by Gasteiger charge is 2.21. The van der Waals surface area contributed by atoms with Crippen LogP contribution in [0.1, 0.15) is 5.01 Å². The van der Waals surface area contributed by atoms with Crippen LogP contribution >= 0.6 is 38.9 Å². The molecular weight excluding hydrogens is 376 g/mol. The number of aromatic nitrogens is 2. The van der Waals surface area contributed by atoms with Crippen LogP contribution in [-0.2, 0) is 10.0 Å². The fourth-order valence-corrected chi connectivity index (χ4v) is 4.40. The van der Waals surface area contributed by atoms with Gasteiger partial charge in [0, 0.05) is 10.7 Å². The van der Waals surface area contributed by atoms with Crippen molar-refractivity contribution < 1.29 is 8.42 Å². The Kier molecular flexibility index (Phi) is 4.00. The summed E-state index contributed by atoms with van der Waals surface area (Å²) < 4.78 is 27.0. The van der Waals surface area contributed by atoms with Crippen LogP contribution in [0, 0.1) is 6.92 Å². The molecule has 0 atom stereocenters. The number of nitrogen functional groups attached to an aromatic ring is 1. The minimum Gasteiger partial charge on any atom is -0.398 e. The smallest absolute Gasteiger partial charge is 0.264 e. The predicted molar refractivity (Wildman–Crippen MR) is 79.0 cm³/mol. The normalized spacial score (nSPS) is 11.5. The minimum absolute atomic E-state index is 0.0506. The van der Waals surface area contributed by atoms with Gasteiger partial charge in [-0.25, -0.2) is 8.42 Å². The van der Waals surface area contributed by atoms with Crippen molar-refractivity contribution in [1.82, 2.24) is 10.2 Å². The van der Waals surface area contributed by atoms with Gasteiger partial charge in [-0.15, -0.1) is 10.2 Å². The molecule has 1 heterocycles. The number of nitrogens with zero attached hydrogens (tertiary/aromatic N) is 2. The highest BCUT2D eigenvalue weighted by Crippen LogP contribution is 2.32. The Hall–Kier alpha value is -0.900. The minimum atomic E-state index is -3.83. The summed E-state index contributed by atoms with van der Waals surface area (Å²) in [6, 6.07) is 2.76. The number of rotatable bonds is 3. The third kappa shape index (κ3) is 3.16. The summed E-state index contributed by atoms with van der Waals surface area (Å²) in [5, 5.41) is 8.50. The lowest BCUT2D eigenvalue weighted by Gasteiger charge is -2.09. The standard InChI is InChI=1S/C9H8BrClN4O2S2/c1-4-13-14-9(18-4)15-19(16,17)7-3-5(11)2-6(12)8(7)10/h2-3H,12H2,1H3,(H,14,15). The molecule has 0 amide bonds. The van der Waals surface area contributed by atoms with E-state index in [1.165, 1.54) is 12.1 Å². The number of sulfonamides is 1. The van der Waals surface area contributed by atoms with Crippen LogP contribution in [0.3, 0.4) is 0 Å². The van der Waals surface area contributed by atoms with Gasteiger partial charge in [0.1, 0.15) is 9.90 Å². The van der Waals surface area contributed by atoms with E-state index >= 15 is 0 Å². The van der Waals surface area contributed by atoms with Gasteiger partial charge < -0.3 is 5.73 Å². The predicted octanol–water partition coefficient (Wildman–Crippen LogP) is 2.65. The second-order valence-electron chi connectivity index (χ2n) is 3.54. The molecule has 19 heavy (non-hydrogen) atoms. The highest BCUT2D eigenvalue weighted by molar-refractivity contribution is 9.10. The summed E-state index contributed by atoms with van der Waals surface area (Å²) in [6.07, 6.45) is 0. The van der Waals surface area contributed by atoms with Crippen molar-refractivity contribution in [2.24, 2.45) is 0 Å². The fourth-order valence-electron chi connectivity index (χ4n) is 1.29. The van der Waals surface area contributed by atoms with Crippen LogP contribution in [-0.4, -0.2) is 18.6 Å². The van der Waals surface area contributed by atoms with Gasteiger partial charge >= 0.3 is 0 Å². The summed E-state index contributed by atoms with van der Waals surface area (Å²) in [4.78, 5) is -0.0506. The van der Waals surface area contributed by atoms with Crippen LogP contribution in [0.15, 0.2) is 21.5 Å². The molecule has 0 unspecified atom stereocenters. The Morgan fingerprint density at radius 1 is 1.42 bits per heavy atom. The number of aryl methyl sites for hydroxylation is 1. The third-order valence-corrected chi connectivity index (χ3v) is 5.68. The van der Waals surface area contributed by atoms with E-state index in [0.717, 1.165) is 11.3 Å². The van der Waals surface area contributed by atoms with Crippen LogP contribution in [0.4, 0.5) is 10.8 Å². The van der Waals surface area contributed by atoms with Crippen LogP contribution in [0.5, 0.6) is 0 Å². The lowest BCUT2D eigenvalue weighted by atomic mass is 10.3. The van der Waals surface area contributed by atoms with Gasteiger partial charge in [-0.3, -0.25) is 4.72 Å². The third-order valence-electron chi connectivity index (χ3n) is 2.07. The molecule has 10 heteroatoms. The molecule has 0 aliphatic heterocycles. The maximum atomic E-state index is 12.2. The Morgan fingerprint density at radius 2 is 2.11 bits per heavy atom. The van der Waals surface area contributed by atoms with E-state index in [2.05, 4.69) is 30.8 Å². The zero-order valence-electron chi connectivity index (χ0n) is 9.52. The quantitative estimate of drug-likeness (QED) is 0.794. The van der Waals surface area contributed by atoms with Crippen molar-refractivity contribution in [2.75, 3.05) is 10.5 Å². The Balaban J connectivity index is 2.45. The first-order chi connectivity index (χ1) is 8.79. The molecule has 3 N–H and O–H groups in total. The SMILES string of the molecule is Cc1nnc(NS(=O)(=O)c2cc(Cl)cc(N)c2Br)s1. The van der Waals surface area contributed by atoms with Gasteiger partial charge in [0.05, 0.1) is 4.47 Å². The van der Waals surface area contributed by atoms with Crippen molar-refractivity contribution in [1.29, 1.82) is 0 Å². The van der Waals surface area contributed by atoms with Crippen molar-refractivity contribution in [2.45, 2.75) is 11.8 Å². The maximum Gasteiger partial charge on any atom is 0.264 e. The molecule has 0 aliphatic carbocycles. The monoisotopic (exact) mass is 382 g/mol. The first-order valence-electron chi connectivity index (χ1n) is 4.87. The number of nitrogens with two attached hydrogens (primary N) is 1. The Bertz CT molecular complexity index is 732. The molecule has 0 radical (unpaired) electrons. The van der Waals surface area contributed by atoms with E-state index in [9.17, 15) is 8.42 Å². The van der Waals surface area contributed by atoms with Crippen molar-refractivity contribution >= 4 is 59.7 Å². The molecule has 1 aromatic carbocycles. The summed E-state index contributed by atoms with van der Waals surface area (Å²) in [5.74, 6) is 0. The van der Waals surface area contributed by atoms with E-state index in [1.807, 2.05) is 0 Å². The first-order valence-corrected chi connectivity index (χ1v) is 8.34. The summed E-state index contributed by atoms with van der Waals surface area (Å²) in [6.45, 7) is 1.72. The maximum absolute atomic E-state index is 12.2. The number of halogens is 2. The summed E-state index contributed by atoms with van der Waals surface area (Å²) in [5.41, 5.74) is 5.90. The average Bonchev–Trinajstić information content (AvgIpc) is 2.68. The molecular formula is C9H8BrClN4O2S2. The van der Waals surface area contributed by atoms with E-state index in [0.29, 0.717) is 5.01 Å².